The van der Waals surface area contributed by atoms with E-state index in [4.69, 9.17) is 16.0 Å². The Labute approximate surface area is 158 Å². The fourth-order valence-electron chi connectivity index (χ4n) is 2.53. The Kier molecular flexibility index (Phi) is 5.70. The maximum atomic E-state index is 12.4. The van der Waals surface area contributed by atoms with Crippen molar-refractivity contribution in [2.24, 2.45) is 0 Å². The van der Waals surface area contributed by atoms with Gasteiger partial charge in [-0.05, 0) is 56.5 Å². The summed E-state index contributed by atoms with van der Waals surface area (Å²) in [6.07, 6.45) is 4.68. The van der Waals surface area contributed by atoms with Crippen LogP contribution in [-0.4, -0.2) is 26.4 Å². The molecule has 1 atom stereocenters. The number of nitrogens with one attached hydrogen (secondary N) is 2. The number of carbonyl (C=O) groups excluding carboxylic acids is 1. The highest BCUT2D eigenvalue weighted by molar-refractivity contribution is 7.89. The molecule has 1 fully saturated rings. The first kappa shape index (κ1) is 18.9. The fraction of sp³-hybridized carbons (Fsp3) is 0.389. The van der Waals surface area contributed by atoms with Crippen LogP contribution in [0.2, 0.25) is 5.02 Å². The van der Waals surface area contributed by atoms with E-state index < -0.39 is 10.0 Å². The van der Waals surface area contributed by atoms with E-state index in [1.807, 2.05) is 19.1 Å². The zero-order valence-electron chi connectivity index (χ0n) is 14.4. The molecule has 0 radical (unpaired) electrons. The Balaban J connectivity index is 1.66. The molecule has 1 aromatic heterocycles. The van der Waals surface area contributed by atoms with Gasteiger partial charge in [0.25, 0.3) is 5.91 Å². The van der Waals surface area contributed by atoms with Crippen LogP contribution >= 0.6 is 11.6 Å². The first-order chi connectivity index (χ1) is 12.3. The summed E-state index contributed by atoms with van der Waals surface area (Å²) in [4.78, 5) is 12.4. The van der Waals surface area contributed by atoms with Crippen molar-refractivity contribution in [3.8, 4) is 0 Å². The third-order valence-electron chi connectivity index (χ3n) is 4.16. The van der Waals surface area contributed by atoms with E-state index in [1.165, 1.54) is 18.2 Å². The average molecular weight is 397 g/mol. The van der Waals surface area contributed by atoms with E-state index in [1.54, 1.807) is 6.26 Å². The van der Waals surface area contributed by atoms with Gasteiger partial charge >= 0.3 is 0 Å². The van der Waals surface area contributed by atoms with Crippen LogP contribution in [-0.2, 0) is 16.4 Å². The Morgan fingerprint density at radius 1 is 1.35 bits per heavy atom. The van der Waals surface area contributed by atoms with Crippen molar-refractivity contribution in [3.05, 3.63) is 52.9 Å². The number of aryl methyl sites for hydroxylation is 1. The molecule has 1 unspecified atom stereocenters. The average Bonchev–Trinajstić information content (AvgIpc) is 3.23. The zero-order valence-corrected chi connectivity index (χ0v) is 15.9. The summed E-state index contributed by atoms with van der Waals surface area (Å²) in [5, 5.41) is 2.97. The topological polar surface area (TPSA) is 88.4 Å². The second-order valence-corrected chi connectivity index (χ2v) is 8.62. The molecular weight excluding hydrogens is 376 g/mol. The lowest BCUT2D eigenvalue weighted by molar-refractivity contribution is 0.0938. The van der Waals surface area contributed by atoms with Crippen LogP contribution in [0.1, 0.15) is 42.3 Å². The molecule has 1 aliphatic carbocycles. The fourth-order valence-corrected chi connectivity index (χ4v) is 4.36. The lowest BCUT2D eigenvalue weighted by atomic mass is 10.1. The summed E-state index contributed by atoms with van der Waals surface area (Å²) in [7, 11) is -3.73. The highest BCUT2D eigenvalue weighted by Gasteiger charge is 2.29. The molecule has 0 spiro atoms. The summed E-state index contributed by atoms with van der Waals surface area (Å²) in [5.41, 5.74) is 0.260. The maximum absolute atomic E-state index is 12.4. The van der Waals surface area contributed by atoms with Gasteiger partial charge in [-0.3, -0.25) is 4.79 Å². The van der Waals surface area contributed by atoms with Crippen LogP contribution in [0.4, 0.5) is 0 Å². The molecule has 1 amide bonds. The first-order valence-electron chi connectivity index (χ1n) is 8.50. The molecule has 2 N–H and O–H groups in total. The molecule has 26 heavy (non-hydrogen) atoms. The minimum atomic E-state index is -3.73. The highest BCUT2D eigenvalue weighted by Crippen LogP contribution is 2.27. The first-order valence-corrected chi connectivity index (χ1v) is 10.4. The number of furan rings is 1. The molecule has 1 aliphatic rings. The molecule has 3 rings (SSSR count). The van der Waals surface area contributed by atoms with Gasteiger partial charge in [0.15, 0.2) is 0 Å². The number of hydrogen-bond acceptors (Lipinski definition) is 4. The molecule has 1 aromatic carbocycles. The van der Waals surface area contributed by atoms with Gasteiger partial charge < -0.3 is 9.73 Å². The number of amides is 1. The van der Waals surface area contributed by atoms with Gasteiger partial charge in [-0.2, -0.15) is 0 Å². The monoisotopic (exact) mass is 396 g/mol. The second kappa shape index (κ2) is 7.82. The quantitative estimate of drug-likeness (QED) is 0.717. The smallest absolute Gasteiger partial charge is 0.251 e. The molecule has 0 aliphatic heterocycles. The molecule has 2 aromatic rings. The van der Waals surface area contributed by atoms with Crippen molar-refractivity contribution in [1.82, 2.24) is 10.0 Å². The largest absolute Gasteiger partial charge is 0.469 e. The van der Waals surface area contributed by atoms with E-state index >= 15 is 0 Å². The number of rotatable bonds is 8. The molecular formula is C18H21ClN2O4S. The zero-order chi connectivity index (χ0) is 18.7. The summed E-state index contributed by atoms with van der Waals surface area (Å²) in [6, 6.07) is 7.87. The van der Waals surface area contributed by atoms with Crippen LogP contribution < -0.4 is 10.0 Å². The predicted molar refractivity (Wildman–Crippen MR) is 98.8 cm³/mol. The third-order valence-corrected chi connectivity index (χ3v) is 6.17. The number of sulfonamides is 1. The Bertz CT molecular complexity index is 877. The third kappa shape index (κ3) is 4.87. The van der Waals surface area contributed by atoms with E-state index in [0.717, 1.165) is 18.6 Å². The van der Waals surface area contributed by atoms with Crippen LogP contribution in [0.15, 0.2) is 45.9 Å². The molecule has 1 saturated carbocycles. The lowest BCUT2D eigenvalue weighted by Crippen LogP contribution is -2.33. The Morgan fingerprint density at radius 3 is 2.77 bits per heavy atom. The lowest BCUT2D eigenvalue weighted by Gasteiger charge is -2.14. The van der Waals surface area contributed by atoms with E-state index in [0.29, 0.717) is 12.8 Å². The van der Waals surface area contributed by atoms with Crippen LogP contribution in [0.25, 0.3) is 0 Å². The van der Waals surface area contributed by atoms with E-state index in [2.05, 4.69) is 10.0 Å². The van der Waals surface area contributed by atoms with Gasteiger partial charge in [-0.15, -0.1) is 0 Å². The van der Waals surface area contributed by atoms with Crippen LogP contribution in [0.3, 0.4) is 0 Å². The molecule has 140 valence electrons. The van der Waals surface area contributed by atoms with Crippen LogP contribution in [0, 0.1) is 0 Å². The normalized spacial score (nSPS) is 15.6. The van der Waals surface area contributed by atoms with Gasteiger partial charge in [0.1, 0.15) is 10.7 Å². The summed E-state index contributed by atoms with van der Waals surface area (Å²) in [5.74, 6) is 0.522. The van der Waals surface area contributed by atoms with Crippen molar-refractivity contribution in [2.45, 2.75) is 49.6 Å². The molecule has 1 heterocycles. The van der Waals surface area contributed by atoms with E-state index in [9.17, 15) is 13.2 Å². The van der Waals surface area contributed by atoms with Crippen LogP contribution in [0.5, 0.6) is 0 Å². The maximum Gasteiger partial charge on any atom is 0.251 e. The summed E-state index contributed by atoms with van der Waals surface area (Å²) < 4.78 is 32.6. The second-order valence-electron chi connectivity index (χ2n) is 6.53. The van der Waals surface area contributed by atoms with Crippen molar-refractivity contribution in [1.29, 1.82) is 0 Å². The SMILES string of the molecule is CC(CCc1ccco1)NC(=O)c1ccc(Cl)c(S(=O)(=O)NC2CC2)c1. The molecule has 8 heteroatoms. The number of benzene rings is 1. The Hall–Kier alpha value is -1.83. The van der Waals surface area contributed by atoms with Crippen molar-refractivity contribution < 1.29 is 17.6 Å². The van der Waals surface area contributed by atoms with Gasteiger partial charge in [0.2, 0.25) is 10.0 Å². The Morgan fingerprint density at radius 2 is 2.12 bits per heavy atom. The minimum absolute atomic E-state index is 0.0322. The van der Waals surface area contributed by atoms with E-state index in [-0.39, 0.29) is 33.5 Å². The van der Waals surface area contributed by atoms with Gasteiger partial charge in [0, 0.05) is 24.1 Å². The van der Waals surface area contributed by atoms with Crippen molar-refractivity contribution >= 4 is 27.5 Å². The molecule has 0 saturated heterocycles. The molecule has 6 nitrogen and oxygen atoms in total. The van der Waals surface area contributed by atoms with Gasteiger partial charge in [-0.1, -0.05) is 11.6 Å². The number of carbonyl (C=O) groups is 1. The standard InChI is InChI=1S/C18H21ClN2O4S/c1-12(4-8-15-3-2-10-25-15)20-18(22)13-5-9-16(19)17(11-13)26(23,24)21-14-6-7-14/h2-3,5,9-12,14,21H,4,6-8H2,1H3,(H,20,22). The van der Waals surface area contributed by atoms with Gasteiger partial charge in [0.05, 0.1) is 11.3 Å². The summed E-state index contributed by atoms with van der Waals surface area (Å²) in [6.45, 7) is 1.89. The number of hydrogen-bond donors (Lipinski definition) is 2. The van der Waals surface area contributed by atoms with Crippen molar-refractivity contribution in [2.75, 3.05) is 0 Å². The number of halogens is 1. The molecule has 0 bridgehead atoms. The summed E-state index contributed by atoms with van der Waals surface area (Å²) >= 11 is 6.04. The van der Waals surface area contributed by atoms with Gasteiger partial charge in [-0.25, -0.2) is 13.1 Å². The minimum Gasteiger partial charge on any atom is -0.469 e. The predicted octanol–water partition coefficient (Wildman–Crippen LogP) is 3.12. The highest BCUT2D eigenvalue weighted by atomic mass is 35.5. The van der Waals surface area contributed by atoms with Crippen molar-refractivity contribution in [3.63, 3.8) is 0 Å².